The van der Waals surface area contributed by atoms with Crippen molar-refractivity contribution in [1.29, 1.82) is 0 Å². The maximum atomic E-state index is 4.34. The first-order valence-electron chi connectivity index (χ1n) is 7.52. The third-order valence-electron chi connectivity index (χ3n) is 4.56. The summed E-state index contributed by atoms with van der Waals surface area (Å²) >= 11 is 0. The number of nitrogens with zero attached hydrogens (tertiary/aromatic N) is 3. The third kappa shape index (κ3) is 2.74. The van der Waals surface area contributed by atoms with Gasteiger partial charge in [-0.05, 0) is 31.7 Å². The molecule has 1 N–H and O–H groups in total. The molecule has 1 unspecified atom stereocenters. The van der Waals surface area contributed by atoms with E-state index in [0.717, 1.165) is 25.4 Å². The second kappa shape index (κ2) is 5.83. The Labute approximate surface area is 109 Å². The highest BCUT2D eigenvalue weighted by Gasteiger charge is 2.20. The Balaban J connectivity index is 1.59. The zero-order chi connectivity index (χ0) is 12.2. The second-order valence-corrected chi connectivity index (χ2v) is 5.84. The lowest BCUT2D eigenvalue weighted by Crippen LogP contribution is -2.32. The van der Waals surface area contributed by atoms with Gasteiger partial charge in [0, 0.05) is 19.0 Å². The number of aryl methyl sites for hydroxylation is 1. The van der Waals surface area contributed by atoms with Crippen molar-refractivity contribution in [2.24, 2.45) is 5.92 Å². The average Bonchev–Trinajstić information content (AvgIpc) is 3.09. The van der Waals surface area contributed by atoms with Gasteiger partial charge in [0.2, 0.25) is 0 Å². The summed E-state index contributed by atoms with van der Waals surface area (Å²) in [5.74, 6) is 2.15. The van der Waals surface area contributed by atoms with Crippen LogP contribution in [0.2, 0.25) is 0 Å². The maximum absolute atomic E-state index is 4.34. The monoisotopic (exact) mass is 248 g/mol. The molecular weight excluding hydrogens is 224 g/mol. The molecule has 0 amide bonds. The molecule has 0 bridgehead atoms. The Morgan fingerprint density at radius 1 is 1.22 bits per heavy atom. The van der Waals surface area contributed by atoms with Crippen LogP contribution in [0.25, 0.3) is 0 Å². The minimum atomic E-state index is 0.576. The molecule has 0 aromatic carbocycles. The Morgan fingerprint density at radius 2 is 2.11 bits per heavy atom. The summed E-state index contributed by atoms with van der Waals surface area (Å²) in [7, 11) is 0. The Kier molecular flexibility index (Phi) is 3.93. The lowest BCUT2D eigenvalue weighted by Gasteiger charge is -2.25. The summed E-state index contributed by atoms with van der Waals surface area (Å²) in [6.07, 6.45) is 12.6. The average molecular weight is 248 g/mol. The molecule has 0 spiro atoms. The highest BCUT2D eigenvalue weighted by molar-refractivity contribution is 4.92. The van der Waals surface area contributed by atoms with E-state index >= 15 is 0 Å². The normalized spacial score (nSPS) is 25.7. The van der Waals surface area contributed by atoms with Crippen LogP contribution >= 0.6 is 0 Å². The van der Waals surface area contributed by atoms with E-state index in [-0.39, 0.29) is 0 Å². The smallest absolute Gasteiger partial charge is 0.133 e. The molecule has 100 valence electrons. The van der Waals surface area contributed by atoms with Gasteiger partial charge in [0.05, 0.1) is 0 Å². The van der Waals surface area contributed by atoms with Gasteiger partial charge in [0.25, 0.3) is 0 Å². The fraction of sp³-hybridized carbons (Fsp3) is 0.857. The third-order valence-corrected chi connectivity index (χ3v) is 4.56. The fourth-order valence-corrected chi connectivity index (χ4v) is 3.45. The van der Waals surface area contributed by atoms with E-state index in [0.29, 0.717) is 6.04 Å². The number of rotatable bonds is 4. The maximum Gasteiger partial charge on any atom is 0.133 e. The standard InChI is InChI=1S/C14H24N4/c1-2-5-12(4-1)7-8-14-17-16-11-18(14)13-6-3-9-15-10-13/h11-13,15H,1-10H2. The van der Waals surface area contributed by atoms with E-state index in [1.807, 2.05) is 6.33 Å². The van der Waals surface area contributed by atoms with Gasteiger partial charge in [0.1, 0.15) is 12.2 Å². The molecule has 3 rings (SSSR count). The van der Waals surface area contributed by atoms with Crippen LogP contribution in [-0.2, 0) is 6.42 Å². The Bertz CT molecular complexity index is 362. The van der Waals surface area contributed by atoms with Crippen molar-refractivity contribution in [3.05, 3.63) is 12.2 Å². The molecule has 1 aliphatic heterocycles. The minimum Gasteiger partial charge on any atom is -0.315 e. The molecule has 1 atom stereocenters. The summed E-state index contributed by atoms with van der Waals surface area (Å²) in [6.45, 7) is 2.24. The Hall–Kier alpha value is -0.900. The molecule has 1 saturated carbocycles. The van der Waals surface area contributed by atoms with Crippen LogP contribution < -0.4 is 5.32 Å². The van der Waals surface area contributed by atoms with Gasteiger partial charge in [-0.1, -0.05) is 25.7 Å². The molecule has 1 saturated heterocycles. The van der Waals surface area contributed by atoms with E-state index < -0.39 is 0 Å². The van der Waals surface area contributed by atoms with Crippen LogP contribution in [0.3, 0.4) is 0 Å². The van der Waals surface area contributed by atoms with Crippen LogP contribution in [0.1, 0.15) is 56.8 Å². The van der Waals surface area contributed by atoms with E-state index in [1.54, 1.807) is 0 Å². The van der Waals surface area contributed by atoms with Crippen molar-refractivity contribution in [2.45, 2.75) is 57.4 Å². The van der Waals surface area contributed by atoms with Gasteiger partial charge in [-0.2, -0.15) is 0 Å². The number of nitrogens with one attached hydrogen (secondary N) is 1. The molecule has 0 radical (unpaired) electrons. The van der Waals surface area contributed by atoms with Crippen LogP contribution in [-0.4, -0.2) is 27.9 Å². The summed E-state index contributed by atoms with van der Waals surface area (Å²) in [5.41, 5.74) is 0. The summed E-state index contributed by atoms with van der Waals surface area (Å²) in [6, 6.07) is 0.576. The first-order chi connectivity index (χ1) is 8.93. The highest BCUT2D eigenvalue weighted by atomic mass is 15.3. The van der Waals surface area contributed by atoms with Gasteiger partial charge < -0.3 is 9.88 Å². The largest absolute Gasteiger partial charge is 0.315 e. The van der Waals surface area contributed by atoms with Crippen molar-refractivity contribution in [3.8, 4) is 0 Å². The molecule has 2 heterocycles. The van der Waals surface area contributed by atoms with Crippen molar-refractivity contribution >= 4 is 0 Å². The minimum absolute atomic E-state index is 0.576. The first kappa shape index (κ1) is 12.2. The zero-order valence-electron chi connectivity index (χ0n) is 11.1. The fourth-order valence-electron chi connectivity index (χ4n) is 3.45. The van der Waals surface area contributed by atoms with E-state index in [9.17, 15) is 0 Å². The van der Waals surface area contributed by atoms with Crippen LogP contribution in [0.15, 0.2) is 6.33 Å². The quantitative estimate of drug-likeness (QED) is 0.889. The number of aromatic nitrogens is 3. The topological polar surface area (TPSA) is 42.7 Å². The van der Waals surface area contributed by atoms with E-state index in [4.69, 9.17) is 0 Å². The van der Waals surface area contributed by atoms with Gasteiger partial charge in [-0.15, -0.1) is 10.2 Å². The van der Waals surface area contributed by atoms with Crippen LogP contribution in [0.4, 0.5) is 0 Å². The van der Waals surface area contributed by atoms with Crippen molar-refractivity contribution in [2.75, 3.05) is 13.1 Å². The number of hydrogen-bond acceptors (Lipinski definition) is 3. The van der Waals surface area contributed by atoms with Crippen LogP contribution in [0.5, 0.6) is 0 Å². The number of hydrogen-bond donors (Lipinski definition) is 1. The summed E-state index contributed by atoms with van der Waals surface area (Å²) < 4.78 is 2.32. The van der Waals surface area contributed by atoms with Crippen molar-refractivity contribution in [1.82, 2.24) is 20.1 Å². The molecule has 2 fully saturated rings. The molecule has 1 aromatic rings. The highest BCUT2D eigenvalue weighted by Crippen LogP contribution is 2.29. The molecule has 18 heavy (non-hydrogen) atoms. The van der Waals surface area contributed by atoms with Crippen molar-refractivity contribution in [3.63, 3.8) is 0 Å². The molecule has 4 heteroatoms. The van der Waals surface area contributed by atoms with Crippen molar-refractivity contribution < 1.29 is 0 Å². The number of piperidine rings is 1. The van der Waals surface area contributed by atoms with Crippen LogP contribution in [0, 0.1) is 5.92 Å². The SMILES string of the molecule is c1nnc(CCC2CCCC2)n1C1CCCNC1. The van der Waals surface area contributed by atoms with Gasteiger partial charge in [-0.3, -0.25) is 0 Å². The lowest BCUT2D eigenvalue weighted by molar-refractivity contribution is 0.359. The van der Waals surface area contributed by atoms with Gasteiger partial charge >= 0.3 is 0 Å². The molecule has 1 aliphatic carbocycles. The Morgan fingerprint density at radius 3 is 2.89 bits per heavy atom. The predicted octanol–water partition coefficient (Wildman–Crippen LogP) is 2.33. The zero-order valence-corrected chi connectivity index (χ0v) is 11.1. The van der Waals surface area contributed by atoms with E-state index in [1.165, 1.54) is 50.8 Å². The molecule has 1 aromatic heterocycles. The molecular formula is C14H24N4. The summed E-state index contributed by atoms with van der Waals surface area (Å²) in [5, 5.41) is 11.9. The lowest BCUT2D eigenvalue weighted by atomic mass is 10.0. The van der Waals surface area contributed by atoms with E-state index in [2.05, 4.69) is 20.1 Å². The molecule has 4 nitrogen and oxygen atoms in total. The second-order valence-electron chi connectivity index (χ2n) is 5.84. The summed E-state index contributed by atoms with van der Waals surface area (Å²) in [4.78, 5) is 0. The van der Waals surface area contributed by atoms with Gasteiger partial charge in [-0.25, -0.2) is 0 Å². The first-order valence-corrected chi connectivity index (χ1v) is 7.52. The molecule has 2 aliphatic rings. The van der Waals surface area contributed by atoms with Gasteiger partial charge in [0.15, 0.2) is 0 Å². The predicted molar refractivity (Wildman–Crippen MR) is 71.4 cm³/mol.